The van der Waals surface area contributed by atoms with Crippen LogP contribution < -0.4 is 5.32 Å². The lowest BCUT2D eigenvalue weighted by molar-refractivity contribution is 0.102. The Hall–Kier alpha value is -2.30. The zero-order valence-electron chi connectivity index (χ0n) is 10.0. The normalized spacial score (nSPS) is 10.3. The molecule has 0 aliphatic heterocycles. The van der Waals surface area contributed by atoms with Crippen LogP contribution in [0.2, 0.25) is 0 Å². The van der Waals surface area contributed by atoms with Crippen molar-refractivity contribution in [1.29, 1.82) is 0 Å². The van der Waals surface area contributed by atoms with E-state index in [0.29, 0.717) is 11.6 Å². The van der Waals surface area contributed by atoms with Crippen LogP contribution >= 0.6 is 0 Å². The summed E-state index contributed by atoms with van der Waals surface area (Å²) in [5.41, 5.74) is 0.687. The Bertz CT molecular complexity index is 600. The third kappa shape index (κ3) is 3.34. The molecule has 2 aromatic carbocycles. The summed E-state index contributed by atoms with van der Waals surface area (Å²) in [7, 11) is 0. The molecule has 0 aliphatic rings. The molecule has 2 nitrogen and oxygen atoms in total. The van der Waals surface area contributed by atoms with Crippen molar-refractivity contribution in [1.82, 2.24) is 0 Å². The molecular weight excluding hydrogens is 255 g/mol. The number of amides is 1. The van der Waals surface area contributed by atoms with Crippen molar-refractivity contribution in [3.05, 3.63) is 65.0 Å². The molecule has 2 aromatic rings. The van der Waals surface area contributed by atoms with Crippen LogP contribution in [-0.4, -0.2) is 5.91 Å². The van der Waals surface area contributed by atoms with Gasteiger partial charge in [-0.25, -0.2) is 13.2 Å². The largest absolute Gasteiger partial charge is 0.322 e. The van der Waals surface area contributed by atoms with Gasteiger partial charge < -0.3 is 5.32 Å². The highest BCUT2D eigenvalue weighted by Gasteiger charge is 2.10. The molecule has 0 aromatic heterocycles. The maximum atomic E-state index is 13.1. The van der Waals surface area contributed by atoms with E-state index in [-0.39, 0.29) is 11.3 Å². The van der Waals surface area contributed by atoms with Crippen LogP contribution in [0.15, 0.2) is 36.4 Å². The number of aryl methyl sites for hydroxylation is 1. The summed E-state index contributed by atoms with van der Waals surface area (Å²) >= 11 is 0. The summed E-state index contributed by atoms with van der Waals surface area (Å²) in [6.07, 6.45) is 0. The zero-order valence-corrected chi connectivity index (χ0v) is 10.0. The number of carbonyl (C=O) groups is 1. The monoisotopic (exact) mass is 265 g/mol. The molecule has 19 heavy (non-hydrogen) atoms. The molecule has 1 N–H and O–H groups in total. The molecule has 0 bridgehead atoms. The van der Waals surface area contributed by atoms with Crippen LogP contribution in [0.3, 0.4) is 0 Å². The molecular formula is C14H10F3NO. The summed E-state index contributed by atoms with van der Waals surface area (Å²) in [5, 5.41) is 2.38. The molecule has 2 rings (SSSR count). The van der Waals surface area contributed by atoms with Gasteiger partial charge in [-0.2, -0.15) is 0 Å². The lowest BCUT2D eigenvalue weighted by atomic mass is 10.1. The van der Waals surface area contributed by atoms with Crippen molar-refractivity contribution >= 4 is 11.6 Å². The minimum Gasteiger partial charge on any atom is -0.322 e. The van der Waals surface area contributed by atoms with Gasteiger partial charge in [0.15, 0.2) is 0 Å². The quantitative estimate of drug-likeness (QED) is 0.882. The molecule has 0 aliphatic carbocycles. The van der Waals surface area contributed by atoms with Crippen molar-refractivity contribution in [3.63, 3.8) is 0 Å². The molecule has 98 valence electrons. The second-order valence-electron chi connectivity index (χ2n) is 4.13. The molecule has 0 saturated heterocycles. The first-order valence-electron chi connectivity index (χ1n) is 5.49. The van der Waals surface area contributed by atoms with Crippen LogP contribution in [0.25, 0.3) is 0 Å². The van der Waals surface area contributed by atoms with Crippen molar-refractivity contribution in [2.45, 2.75) is 6.92 Å². The predicted octanol–water partition coefficient (Wildman–Crippen LogP) is 3.66. The topological polar surface area (TPSA) is 29.1 Å². The lowest BCUT2D eigenvalue weighted by Gasteiger charge is -2.07. The van der Waals surface area contributed by atoms with Gasteiger partial charge in [0.1, 0.15) is 17.5 Å². The Morgan fingerprint density at radius 1 is 0.895 bits per heavy atom. The highest BCUT2D eigenvalue weighted by atomic mass is 19.1. The second kappa shape index (κ2) is 5.14. The summed E-state index contributed by atoms with van der Waals surface area (Å²) in [5.74, 6) is -2.90. The summed E-state index contributed by atoms with van der Waals surface area (Å²) in [6.45, 7) is 1.67. The maximum Gasteiger partial charge on any atom is 0.255 e. The summed E-state index contributed by atoms with van der Waals surface area (Å²) in [4.78, 5) is 11.8. The van der Waals surface area contributed by atoms with Crippen LogP contribution in [0.4, 0.5) is 18.9 Å². The van der Waals surface area contributed by atoms with Gasteiger partial charge in [0.2, 0.25) is 0 Å². The minimum atomic E-state index is -0.847. The highest BCUT2D eigenvalue weighted by molar-refractivity contribution is 6.04. The van der Waals surface area contributed by atoms with E-state index in [2.05, 4.69) is 5.32 Å². The fourth-order valence-corrected chi connectivity index (χ4v) is 1.70. The first-order valence-corrected chi connectivity index (χ1v) is 5.49. The number of hydrogen-bond acceptors (Lipinski definition) is 1. The average Bonchev–Trinajstić information content (AvgIpc) is 2.25. The Kier molecular flexibility index (Phi) is 3.55. The molecule has 0 saturated carbocycles. The number of halogens is 3. The fourth-order valence-electron chi connectivity index (χ4n) is 1.70. The molecule has 0 spiro atoms. The van der Waals surface area contributed by atoms with Crippen LogP contribution in [0.1, 0.15) is 15.9 Å². The van der Waals surface area contributed by atoms with Crippen LogP contribution in [-0.2, 0) is 0 Å². The van der Waals surface area contributed by atoms with E-state index in [4.69, 9.17) is 0 Å². The van der Waals surface area contributed by atoms with Crippen molar-refractivity contribution in [3.8, 4) is 0 Å². The van der Waals surface area contributed by atoms with Gasteiger partial charge in [0.25, 0.3) is 5.91 Å². The standard InChI is InChI=1S/C14H10F3NO/c1-8-2-10(15)7-13(3-8)18-14(19)9-4-11(16)6-12(17)5-9/h2-7H,1H3,(H,18,19). The molecule has 0 fully saturated rings. The summed E-state index contributed by atoms with van der Waals surface area (Å²) < 4.78 is 39.1. The smallest absolute Gasteiger partial charge is 0.255 e. The van der Waals surface area contributed by atoms with Gasteiger partial charge in [-0.15, -0.1) is 0 Å². The van der Waals surface area contributed by atoms with E-state index in [0.717, 1.165) is 18.2 Å². The number of nitrogens with one attached hydrogen (secondary N) is 1. The number of anilines is 1. The SMILES string of the molecule is Cc1cc(F)cc(NC(=O)c2cc(F)cc(F)c2)c1. The van der Waals surface area contributed by atoms with E-state index in [9.17, 15) is 18.0 Å². The third-order valence-corrected chi connectivity index (χ3v) is 2.42. The molecule has 1 amide bonds. The van der Waals surface area contributed by atoms with Crippen molar-refractivity contribution in [2.75, 3.05) is 5.32 Å². The zero-order chi connectivity index (χ0) is 14.0. The van der Waals surface area contributed by atoms with Gasteiger partial charge >= 0.3 is 0 Å². The lowest BCUT2D eigenvalue weighted by Crippen LogP contribution is -2.12. The molecule has 0 heterocycles. The van der Waals surface area contributed by atoms with Gasteiger partial charge in [0.05, 0.1) is 0 Å². The number of hydrogen-bond donors (Lipinski definition) is 1. The van der Waals surface area contributed by atoms with E-state index < -0.39 is 23.4 Å². The Morgan fingerprint density at radius 2 is 1.47 bits per heavy atom. The van der Waals surface area contributed by atoms with Gasteiger partial charge in [-0.1, -0.05) is 0 Å². The number of carbonyl (C=O) groups excluding carboxylic acids is 1. The van der Waals surface area contributed by atoms with E-state index in [1.54, 1.807) is 13.0 Å². The molecule has 0 atom stereocenters. The number of benzene rings is 2. The van der Waals surface area contributed by atoms with Crippen molar-refractivity contribution < 1.29 is 18.0 Å². The highest BCUT2D eigenvalue weighted by Crippen LogP contribution is 2.15. The van der Waals surface area contributed by atoms with E-state index in [1.165, 1.54) is 6.07 Å². The van der Waals surface area contributed by atoms with Crippen LogP contribution in [0, 0.1) is 24.4 Å². The van der Waals surface area contributed by atoms with Gasteiger partial charge in [0, 0.05) is 17.3 Å². The van der Waals surface area contributed by atoms with Gasteiger partial charge in [-0.3, -0.25) is 4.79 Å². The van der Waals surface area contributed by atoms with E-state index >= 15 is 0 Å². The molecule has 5 heteroatoms. The van der Waals surface area contributed by atoms with Crippen molar-refractivity contribution in [2.24, 2.45) is 0 Å². The predicted molar refractivity (Wildman–Crippen MR) is 65.4 cm³/mol. The first-order chi connectivity index (χ1) is 8.94. The maximum absolute atomic E-state index is 13.1. The van der Waals surface area contributed by atoms with Crippen LogP contribution in [0.5, 0.6) is 0 Å². The Morgan fingerprint density at radius 3 is 2.05 bits per heavy atom. The molecule has 0 radical (unpaired) electrons. The minimum absolute atomic E-state index is 0.167. The van der Waals surface area contributed by atoms with Gasteiger partial charge in [-0.05, 0) is 42.8 Å². The first kappa shape index (κ1) is 13.1. The fraction of sp³-hybridized carbons (Fsp3) is 0.0714. The average molecular weight is 265 g/mol. The Labute approximate surface area is 107 Å². The molecule has 0 unspecified atom stereocenters. The second-order valence-corrected chi connectivity index (χ2v) is 4.13. The Balaban J connectivity index is 2.25. The summed E-state index contributed by atoms with van der Waals surface area (Å²) in [6, 6.07) is 6.47. The number of rotatable bonds is 2. The van der Waals surface area contributed by atoms with E-state index in [1.807, 2.05) is 0 Å². The third-order valence-electron chi connectivity index (χ3n) is 2.42.